The molecule has 204 valence electrons. The minimum atomic E-state index is -1.06. The Labute approximate surface area is 226 Å². The molecule has 40 heavy (non-hydrogen) atoms. The van der Waals surface area contributed by atoms with E-state index in [1.165, 1.54) is 22.6 Å². The Bertz CT molecular complexity index is 1680. The molecule has 3 heterocycles. The first-order valence-electron chi connectivity index (χ1n) is 12.0. The van der Waals surface area contributed by atoms with Crippen molar-refractivity contribution in [2.45, 2.75) is 19.5 Å². The molecule has 1 aliphatic rings. The third-order valence-corrected chi connectivity index (χ3v) is 6.25. The van der Waals surface area contributed by atoms with Crippen molar-refractivity contribution < 1.29 is 29.0 Å². The number of aromatic nitrogens is 3. The third kappa shape index (κ3) is 5.05. The predicted octanol–water partition coefficient (Wildman–Crippen LogP) is 1.34. The zero-order valence-corrected chi connectivity index (χ0v) is 21.1. The first-order valence-corrected chi connectivity index (χ1v) is 12.0. The molecule has 5 rings (SSSR count). The predicted molar refractivity (Wildman–Crippen MR) is 143 cm³/mol. The Kier molecular flexibility index (Phi) is 6.65. The summed E-state index contributed by atoms with van der Waals surface area (Å²) in [7, 11) is 0. The number of amides is 3. The zero-order valence-electron chi connectivity index (χ0n) is 21.1. The van der Waals surface area contributed by atoms with E-state index in [0.717, 1.165) is 0 Å². The van der Waals surface area contributed by atoms with Crippen LogP contribution in [0.4, 0.5) is 17.5 Å². The van der Waals surface area contributed by atoms with Crippen LogP contribution in [-0.2, 0) is 11.3 Å². The molecule has 2 aromatic heterocycles. The maximum atomic E-state index is 13.3. The van der Waals surface area contributed by atoms with Crippen LogP contribution in [0.25, 0.3) is 5.65 Å². The molecule has 1 atom stereocenters. The van der Waals surface area contributed by atoms with Gasteiger partial charge in [-0.1, -0.05) is 18.2 Å². The molecule has 8 N–H and O–H groups in total. The Morgan fingerprint density at radius 2 is 1.85 bits per heavy atom. The van der Waals surface area contributed by atoms with E-state index in [-0.39, 0.29) is 53.4 Å². The summed E-state index contributed by atoms with van der Waals surface area (Å²) in [5.41, 5.74) is 13.8. The molecule has 3 amide bonds. The molecule has 0 spiro atoms. The lowest BCUT2D eigenvalue weighted by atomic mass is 10.1. The number of nitrogens with two attached hydrogens (primary N) is 2. The molecule has 0 saturated carbocycles. The molecule has 0 unspecified atom stereocenters. The summed E-state index contributed by atoms with van der Waals surface area (Å²) >= 11 is 0. The summed E-state index contributed by atoms with van der Waals surface area (Å²) in [6.45, 7) is 1.74. The van der Waals surface area contributed by atoms with Crippen molar-refractivity contribution in [2.75, 3.05) is 23.4 Å². The molecule has 1 aliphatic heterocycles. The monoisotopic (exact) mass is 544 g/mol. The number of nitrogens with one attached hydrogen (secondary N) is 3. The van der Waals surface area contributed by atoms with Gasteiger partial charge in [-0.3, -0.25) is 18.8 Å². The fourth-order valence-corrected chi connectivity index (χ4v) is 4.20. The topological polar surface area (TPSA) is 216 Å². The SMILES string of the molecule is C[C@H](NC(=O)c1cc(C(=O)NCc2ccc3c(c2)NC(=O)CO3)n2c(N)nc(N)c2n1)c1ccc(C(=O)O)cc1. The van der Waals surface area contributed by atoms with Crippen molar-refractivity contribution in [2.24, 2.45) is 0 Å². The maximum absolute atomic E-state index is 13.3. The highest BCUT2D eigenvalue weighted by atomic mass is 16.5. The Balaban J connectivity index is 1.38. The summed E-state index contributed by atoms with van der Waals surface area (Å²) in [5, 5.41) is 17.3. The number of aromatic carboxylic acids is 1. The van der Waals surface area contributed by atoms with E-state index in [0.29, 0.717) is 22.6 Å². The van der Waals surface area contributed by atoms with E-state index in [2.05, 4.69) is 25.9 Å². The van der Waals surface area contributed by atoms with Crippen molar-refractivity contribution >= 4 is 46.8 Å². The summed E-state index contributed by atoms with van der Waals surface area (Å²) < 4.78 is 6.60. The van der Waals surface area contributed by atoms with E-state index >= 15 is 0 Å². The Hall–Kier alpha value is -5.66. The van der Waals surface area contributed by atoms with Crippen LogP contribution in [0.2, 0.25) is 0 Å². The van der Waals surface area contributed by atoms with Crippen LogP contribution >= 0.6 is 0 Å². The molecule has 0 radical (unpaired) electrons. The number of fused-ring (bicyclic) bond motifs is 2. The van der Waals surface area contributed by atoms with Gasteiger partial charge in [-0.15, -0.1) is 0 Å². The molecule has 0 bridgehead atoms. The largest absolute Gasteiger partial charge is 0.482 e. The van der Waals surface area contributed by atoms with Crippen LogP contribution in [0.1, 0.15) is 55.4 Å². The molecule has 0 saturated heterocycles. The van der Waals surface area contributed by atoms with Gasteiger partial charge in [-0.25, -0.2) is 9.78 Å². The smallest absolute Gasteiger partial charge is 0.335 e. The van der Waals surface area contributed by atoms with E-state index in [1.807, 2.05) is 0 Å². The average Bonchev–Trinajstić information content (AvgIpc) is 3.23. The molecular formula is C26H24N8O6. The van der Waals surface area contributed by atoms with Gasteiger partial charge in [0.1, 0.15) is 17.1 Å². The number of rotatable bonds is 7. The lowest BCUT2D eigenvalue weighted by molar-refractivity contribution is -0.118. The standard InChI is InChI=1S/C26H24N8O6/c1-12(14-3-5-15(6-4-14)25(38)39)30-23(36)17-9-18(34-22(32-17)21(27)33-26(34)28)24(37)29-10-13-2-7-19-16(8-13)31-20(35)11-40-19/h2-9,12H,10-11,27H2,1H3,(H2,28,33)(H,29,37)(H,30,36)(H,31,35)(H,38,39)/t12-/m0/s1. The number of benzene rings is 2. The number of carbonyl (C=O) groups excluding carboxylic acids is 3. The van der Waals surface area contributed by atoms with Gasteiger partial charge in [-0.2, -0.15) is 4.98 Å². The number of carbonyl (C=O) groups is 4. The number of hydrogen-bond acceptors (Lipinski definition) is 9. The number of carboxylic acid groups (broad SMARTS) is 1. The Morgan fingerprint density at radius 3 is 2.58 bits per heavy atom. The minimum absolute atomic E-state index is 0.0232. The highest BCUT2D eigenvalue weighted by molar-refractivity contribution is 5.99. The number of carboxylic acids is 1. The number of ether oxygens (including phenoxy) is 1. The fraction of sp³-hybridized carbons (Fsp3) is 0.154. The van der Waals surface area contributed by atoms with Crippen LogP contribution in [0.15, 0.2) is 48.5 Å². The fourth-order valence-electron chi connectivity index (χ4n) is 4.20. The normalized spacial score (nSPS) is 13.1. The van der Waals surface area contributed by atoms with Crippen LogP contribution in [0, 0.1) is 0 Å². The maximum Gasteiger partial charge on any atom is 0.335 e. The molecule has 14 nitrogen and oxygen atoms in total. The second-order valence-corrected chi connectivity index (χ2v) is 9.01. The van der Waals surface area contributed by atoms with Gasteiger partial charge in [-0.05, 0) is 48.4 Å². The van der Waals surface area contributed by atoms with Gasteiger partial charge in [0, 0.05) is 6.54 Å². The van der Waals surface area contributed by atoms with Crippen molar-refractivity contribution in [3.05, 3.63) is 76.6 Å². The molecule has 2 aromatic carbocycles. The van der Waals surface area contributed by atoms with E-state index in [4.69, 9.17) is 21.3 Å². The van der Waals surface area contributed by atoms with Crippen LogP contribution < -0.4 is 32.2 Å². The Morgan fingerprint density at radius 1 is 1.10 bits per heavy atom. The van der Waals surface area contributed by atoms with E-state index < -0.39 is 23.8 Å². The van der Waals surface area contributed by atoms with Crippen molar-refractivity contribution in [1.82, 2.24) is 25.0 Å². The highest BCUT2D eigenvalue weighted by Gasteiger charge is 2.23. The van der Waals surface area contributed by atoms with E-state index in [1.54, 1.807) is 37.3 Å². The molecule has 0 aliphatic carbocycles. The molecule has 14 heteroatoms. The van der Waals surface area contributed by atoms with Gasteiger partial charge < -0.3 is 37.3 Å². The number of nitrogens with zero attached hydrogens (tertiary/aromatic N) is 3. The lowest BCUT2D eigenvalue weighted by Gasteiger charge is -2.18. The third-order valence-electron chi connectivity index (χ3n) is 6.25. The van der Waals surface area contributed by atoms with E-state index in [9.17, 15) is 19.2 Å². The second kappa shape index (κ2) is 10.2. The number of imidazole rings is 1. The van der Waals surface area contributed by atoms with Crippen molar-refractivity contribution in [3.8, 4) is 5.75 Å². The number of hydrogen-bond donors (Lipinski definition) is 6. The quantitative estimate of drug-likeness (QED) is 0.196. The van der Waals surface area contributed by atoms with Crippen molar-refractivity contribution in [3.63, 3.8) is 0 Å². The molecule has 0 fully saturated rings. The summed E-state index contributed by atoms with van der Waals surface area (Å²) in [6.07, 6.45) is 0. The summed E-state index contributed by atoms with van der Waals surface area (Å²) in [4.78, 5) is 57.4. The van der Waals surface area contributed by atoms with Gasteiger partial charge in [0.2, 0.25) is 5.95 Å². The van der Waals surface area contributed by atoms with Crippen molar-refractivity contribution in [1.29, 1.82) is 0 Å². The number of anilines is 3. The van der Waals surface area contributed by atoms with Gasteiger partial charge in [0.15, 0.2) is 18.1 Å². The lowest BCUT2D eigenvalue weighted by Crippen LogP contribution is -2.30. The van der Waals surface area contributed by atoms with Gasteiger partial charge >= 0.3 is 5.97 Å². The second-order valence-electron chi connectivity index (χ2n) is 9.01. The first kappa shape index (κ1) is 26.0. The van der Waals surface area contributed by atoms with Crippen LogP contribution in [0.5, 0.6) is 5.75 Å². The van der Waals surface area contributed by atoms with Gasteiger partial charge in [0.05, 0.1) is 17.3 Å². The first-order chi connectivity index (χ1) is 19.1. The minimum Gasteiger partial charge on any atom is -0.482 e. The number of nitrogen functional groups attached to an aromatic ring is 2. The summed E-state index contributed by atoms with van der Waals surface area (Å²) in [5.74, 6) is -2.15. The highest BCUT2D eigenvalue weighted by Crippen LogP contribution is 2.28. The average molecular weight is 545 g/mol. The summed E-state index contributed by atoms with van der Waals surface area (Å²) in [6, 6.07) is 11.9. The molecular weight excluding hydrogens is 520 g/mol. The van der Waals surface area contributed by atoms with Crippen LogP contribution in [0.3, 0.4) is 0 Å². The van der Waals surface area contributed by atoms with Gasteiger partial charge in [0.25, 0.3) is 17.7 Å². The zero-order chi connectivity index (χ0) is 28.6. The molecule has 4 aromatic rings. The van der Waals surface area contributed by atoms with Crippen LogP contribution in [-0.4, -0.2) is 49.8 Å².